The number of ether oxygens (including phenoxy) is 1. The predicted molar refractivity (Wildman–Crippen MR) is 169 cm³/mol. The minimum atomic E-state index is -4.46. The van der Waals surface area contributed by atoms with Gasteiger partial charge < -0.3 is 15.0 Å². The van der Waals surface area contributed by atoms with Crippen LogP contribution in [0.1, 0.15) is 96.9 Å². The van der Waals surface area contributed by atoms with E-state index in [1.54, 1.807) is 12.1 Å². The van der Waals surface area contributed by atoms with Crippen molar-refractivity contribution < 1.29 is 36.4 Å². The van der Waals surface area contributed by atoms with Crippen molar-refractivity contribution in [3.05, 3.63) is 82.3 Å². The first kappa shape index (κ1) is 36.5. The van der Waals surface area contributed by atoms with Crippen molar-refractivity contribution >= 4 is 11.4 Å². The number of quaternary nitrogens is 1. The molecule has 0 fully saturated rings. The van der Waals surface area contributed by atoms with Crippen LogP contribution in [0, 0.1) is 11.8 Å². The largest absolute Gasteiger partial charge is 0.497 e. The number of methoxy groups -OCH3 is 1. The van der Waals surface area contributed by atoms with Crippen LogP contribution in [0.5, 0.6) is 0 Å². The second kappa shape index (κ2) is 13.8. The van der Waals surface area contributed by atoms with Gasteiger partial charge in [0.1, 0.15) is 11.4 Å². The van der Waals surface area contributed by atoms with Gasteiger partial charge in [-0.05, 0) is 84.6 Å². The third-order valence-corrected chi connectivity index (χ3v) is 8.70. The van der Waals surface area contributed by atoms with E-state index in [1.165, 1.54) is 19.2 Å². The number of hydrogen-bond acceptors (Lipinski definition) is 2. The molecule has 0 spiro atoms. The van der Waals surface area contributed by atoms with E-state index in [-0.39, 0.29) is 0 Å². The number of nitrogens with two attached hydrogens (primary N) is 1. The Balaban J connectivity index is 2.04. The molecule has 2 N–H and O–H groups in total. The molecule has 1 aliphatic heterocycles. The molecule has 0 bridgehead atoms. The van der Waals surface area contributed by atoms with Crippen LogP contribution in [0.25, 0.3) is 0 Å². The van der Waals surface area contributed by atoms with Gasteiger partial charge >= 0.3 is 12.4 Å². The predicted octanol–water partition coefficient (Wildman–Crippen LogP) is 9.89. The molecule has 0 aliphatic carbocycles. The van der Waals surface area contributed by atoms with Crippen LogP contribution in [-0.4, -0.2) is 20.2 Å². The molecule has 250 valence electrons. The van der Waals surface area contributed by atoms with Gasteiger partial charge in [-0.25, -0.2) is 0 Å². The van der Waals surface area contributed by atoms with E-state index in [2.05, 4.69) is 32.6 Å². The first-order valence-electron chi connectivity index (χ1n) is 15.7. The van der Waals surface area contributed by atoms with Crippen molar-refractivity contribution in [2.45, 2.75) is 97.8 Å². The molecule has 0 radical (unpaired) electrons. The number of hydrogen-bond donors (Lipinski definition) is 1. The highest BCUT2D eigenvalue weighted by Crippen LogP contribution is 2.50. The van der Waals surface area contributed by atoms with E-state index in [0.717, 1.165) is 48.6 Å². The van der Waals surface area contributed by atoms with Crippen LogP contribution in [0.3, 0.4) is 0 Å². The van der Waals surface area contributed by atoms with Gasteiger partial charge in [-0.15, -0.1) is 0 Å². The highest BCUT2D eigenvalue weighted by Gasteiger charge is 2.43. The van der Waals surface area contributed by atoms with Crippen molar-refractivity contribution in [3.63, 3.8) is 0 Å². The summed E-state index contributed by atoms with van der Waals surface area (Å²) in [5.74, 6) is 1.35. The third kappa shape index (κ3) is 8.87. The fraction of sp³-hybridized carbons (Fsp3) is 0.556. The molecule has 0 amide bonds. The number of nitrogens with zero attached hydrogens (tertiary/aromatic N) is 1. The van der Waals surface area contributed by atoms with Gasteiger partial charge in [0.15, 0.2) is 0 Å². The monoisotopic (exact) mass is 639 g/mol. The zero-order chi connectivity index (χ0) is 34.0. The average Bonchev–Trinajstić information content (AvgIpc) is 3.13. The number of allylic oxidation sites excluding steroid dienone is 3. The zero-order valence-electron chi connectivity index (χ0n) is 28.0. The van der Waals surface area contributed by atoms with Gasteiger partial charge in [0.2, 0.25) is 0 Å². The van der Waals surface area contributed by atoms with Crippen molar-refractivity contribution in [2.24, 2.45) is 11.8 Å². The molecule has 0 saturated carbocycles. The quantitative estimate of drug-likeness (QED) is 0.142. The Morgan fingerprint density at radius 2 is 1.47 bits per heavy atom. The average molecular weight is 640 g/mol. The highest BCUT2D eigenvalue weighted by molar-refractivity contribution is 5.71. The molecular formula is C36H49F6N2O+. The maximum absolute atomic E-state index is 13.7. The Labute approximate surface area is 264 Å². The van der Waals surface area contributed by atoms with Crippen molar-refractivity contribution in [3.8, 4) is 0 Å². The van der Waals surface area contributed by atoms with E-state index >= 15 is 0 Å². The second-order valence-corrected chi connectivity index (χ2v) is 14.1. The van der Waals surface area contributed by atoms with Crippen LogP contribution in [0.2, 0.25) is 0 Å². The summed E-state index contributed by atoms with van der Waals surface area (Å²) in [5.41, 5.74) is 0.722. The molecular weight excluding hydrogens is 590 g/mol. The van der Waals surface area contributed by atoms with Crippen LogP contribution >= 0.6 is 0 Å². The van der Waals surface area contributed by atoms with Gasteiger partial charge in [0.05, 0.1) is 24.8 Å². The summed E-state index contributed by atoms with van der Waals surface area (Å²) in [6.45, 7) is 17.5. The van der Waals surface area contributed by atoms with Crippen LogP contribution in [0.15, 0.2) is 60.0 Å². The van der Waals surface area contributed by atoms with Crippen LogP contribution in [0.4, 0.5) is 37.7 Å². The van der Waals surface area contributed by atoms with Gasteiger partial charge in [0, 0.05) is 35.0 Å². The van der Waals surface area contributed by atoms with Crippen molar-refractivity contribution in [1.29, 1.82) is 0 Å². The smallest absolute Gasteiger partial charge is 0.416 e. The van der Waals surface area contributed by atoms with E-state index in [9.17, 15) is 26.3 Å². The standard InChI is InChI=1S/C36H48F6N2O/c1-23(2)15-18-43-30-12-10-25(35(37,38)39)20-28(30)33(5,6)17-14-27(45-9)22-32-34(7,8)29-21-26(36(40,41)42)11-13-31(29)44(32)19-16-24(3)4/h10-14,20-24,43H,15-19H2,1-9H3/p+1/b27-14-,32-22+. The summed E-state index contributed by atoms with van der Waals surface area (Å²) in [4.78, 5) is 2.07. The molecule has 3 rings (SSSR count). The topological polar surface area (TPSA) is 29.1 Å². The zero-order valence-corrected chi connectivity index (χ0v) is 28.0. The van der Waals surface area contributed by atoms with Crippen molar-refractivity contribution in [1.82, 2.24) is 0 Å². The molecule has 45 heavy (non-hydrogen) atoms. The van der Waals surface area contributed by atoms with Crippen LogP contribution in [-0.2, 0) is 27.9 Å². The van der Waals surface area contributed by atoms with E-state index < -0.39 is 34.3 Å². The van der Waals surface area contributed by atoms with Gasteiger partial charge in [-0.2, -0.15) is 26.3 Å². The molecule has 0 unspecified atom stereocenters. The first-order valence-corrected chi connectivity index (χ1v) is 15.7. The number of anilines is 1. The van der Waals surface area contributed by atoms with Gasteiger partial charge in [0.25, 0.3) is 0 Å². The fourth-order valence-electron chi connectivity index (χ4n) is 5.81. The SMILES string of the molecule is COC(=C\CC(C)(C)c1cc(C(F)(F)F)ccc1[NH2+]CCC(C)C)/C=C1/N(CCC(C)C)c2ccc(C(F)(F)F)cc2C1(C)C. The number of halogens is 6. The van der Waals surface area contributed by atoms with E-state index in [1.807, 2.05) is 45.2 Å². The summed E-state index contributed by atoms with van der Waals surface area (Å²) in [5, 5.41) is 2.01. The Bertz CT molecular complexity index is 1380. The Hall–Kier alpha value is -2.94. The minimum Gasteiger partial charge on any atom is -0.497 e. The molecule has 2 aromatic carbocycles. The lowest BCUT2D eigenvalue weighted by molar-refractivity contribution is -0.573. The lowest BCUT2D eigenvalue weighted by atomic mass is 9.79. The Morgan fingerprint density at radius 1 is 0.889 bits per heavy atom. The number of rotatable bonds is 12. The van der Waals surface area contributed by atoms with E-state index in [0.29, 0.717) is 41.7 Å². The van der Waals surface area contributed by atoms with Gasteiger partial charge in [-0.3, -0.25) is 0 Å². The normalized spacial score (nSPS) is 16.7. The minimum absolute atomic E-state index is 0.379. The maximum atomic E-state index is 13.7. The lowest BCUT2D eigenvalue weighted by Crippen LogP contribution is -2.78. The van der Waals surface area contributed by atoms with E-state index in [4.69, 9.17) is 4.74 Å². The molecule has 1 heterocycles. The maximum Gasteiger partial charge on any atom is 0.416 e. The second-order valence-electron chi connectivity index (χ2n) is 14.1. The Morgan fingerprint density at radius 3 is 2.02 bits per heavy atom. The number of alkyl halides is 6. The molecule has 0 saturated heterocycles. The molecule has 1 aliphatic rings. The van der Waals surface area contributed by atoms with Gasteiger partial charge in [-0.1, -0.05) is 55.4 Å². The summed E-state index contributed by atoms with van der Waals surface area (Å²) >= 11 is 0. The van der Waals surface area contributed by atoms with Crippen LogP contribution < -0.4 is 10.2 Å². The molecule has 3 nitrogen and oxygen atoms in total. The number of fused-ring (bicyclic) bond motifs is 1. The highest BCUT2D eigenvalue weighted by atomic mass is 19.4. The fourth-order valence-corrected chi connectivity index (χ4v) is 5.81. The molecule has 9 heteroatoms. The molecule has 0 aromatic heterocycles. The van der Waals surface area contributed by atoms with Crippen molar-refractivity contribution in [2.75, 3.05) is 25.1 Å². The summed E-state index contributed by atoms with van der Waals surface area (Å²) in [6, 6.07) is 7.86. The number of benzene rings is 2. The Kier molecular flexibility index (Phi) is 11.2. The third-order valence-electron chi connectivity index (χ3n) is 8.70. The summed E-state index contributed by atoms with van der Waals surface area (Å²) in [6.07, 6.45) is -3.05. The molecule has 2 aromatic rings. The summed E-state index contributed by atoms with van der Waals surface area (Å²) < 4.78 is 88.0. The molecule has 0 atom stereocenters. The first-order chi connectivity index (χ1) is 20.7. The summed E-state index contributed by atoms with van der Waals surface area (Å²) in [7, 11) is 1.53. The lowest BCUT2D eigenvalue weighted by Gasteiger charge is -2.29.